The number of amides is 1. The minimum Gasteiger partial charge on any atom is -0.330 e. The van der Waals surface area contributed by atoms with Gasteiger partial charge in [-0.15, -0.1) is 0 Å². The second-order valence-electron chi connectivity index (χ2n) is 5.21. The second kappa shape index (κ2) is 4.96. The molecular weight excluding hydrogens is 250 g/mol. The Kier molecular flexibility index (Phi) is 3.14. The van der Waals surface area contributed by atoms with Crippen LogP contribution in [0.1, 0.15) is 25.8 Å². The molecule has 0 radical (unpaired) electrons. The topological polar surface area (TPSA) is 46.9 Å². The lowest BCUT2D eigenvalue weighted by atomic mass is 9.87. The van der Waals surface area contributed by atoms with Crippen molar-refractivity contribution in [1.29, 1.82) is 0 Å². The van der Waals surface area contributed by atoms with Crippen molar-refractivity contribution in [1.82, 2.24) is 14.9 Å². The summed E-state index contributed by atoms with van der Waals surface area (Å²) in [6.07, 6.45) is 6.02. The molecule has 4 heteroatoms. The van der Waals surface area contributed by atoms with E-state index in [1.165, 1.54) is 11.1 Å². The van der Waals surface area contributed by atoms with Crippen LogP contribution in [-0.4, -0.2) is 15.5 Å². The number of carbonyl (C=O) groups excluding carboxylic acids is 1. The quantitative estimate of drug-likeness (QED) is 0.909. The van der Waals surface area contributed by atoms with Crippen LogP contribution in [0.2, 0.25) is 0 Å². The first kappa shape index (κ1) is 12.7. The number of benzene rings is 1. The van der Waals surface area contributed by atoms with Crippen LogP contribution in [0.5, 0.6) is 0 Å². The normalized spacial score (nSPS) is 19.1. The van der Waals surface area contributed by atoms with Crippen LogP contribution < -0.4 is 5.32 Å². The van der Waals surface area contributed by atoms with E-state index in [9.17, 15) is 4.79 Å². The van der Waals surface area contributed by atoms with E-state index in [2.05, 4.69) is 41.5 Å². The van der Waals surface area contributed by atoms with Gasteiger partial charge in [0.25, 0.3) is 0 Å². The maximum absolute atomic E-state index is 11.5. The van der Waals surface area contributed by atoms with Crippen LogP contribution in [0.25, 0.3) is 11.3 Å². The van der Waals surface area contributed by atoms with Crippen molar-refractivity contribution in [2.75, 3.05) is 0 Å². The number of imidazole rings is 1. The zero-order chi connectivity index (χ0) is 14.1. The fourth-order valence-electron chi connectivity index (χ4n) is 2.80. The molecule has 1 aromatic carbocycles. The number of rotatable bonds is 2. The molecule has 1 unspecified atom stereocenters. The Labute approximate surface area is 118 Å². The van der Waals surface area contributed by atoms with Gasteiger partial charge >= 0.3 is 0 Å². The molecule has 1 N–H and O–H groups in total. The smallest absolute Gasteiger partial charge is 0.224 e. The Morgan fingerprint density at radius 2 is 2.05 bits per heavy atom. The highest BCUT2D eigenvalue weighted by atomic mass is 16.1. The zero-order valence-corrected chi connectivity index (χ0v) is 11.6. The van der Waals surface area contributed by atoms with Gasteiger partial charge in [0.05, 0.1) is 6.33 Å². The molecule has 1 atom stereocenters. The van der Waals surface area contributed by atoms with E-state index in [0.29, 0.717) is 6.42 Å². The van der Waals surface area contributed by atoms with Crippen molar-refractivity contribution >= 4 is 11.5 Å². The summed E-state index contributed by atoms with van der Waals surface area (Å²) in [6.45, 7) is 4.06. The summed E-state index contributed by atoms with van der Waals surface area (Å²) in [6, 6.07) is 8.34. The molecule has 0 saturated carbocycles. The Morgan fingerprint density at radius 3 is 2.65 bits per heavy atom. The van der Waals surface area contributed by atoms with Crippen molar-refractivity contribution in [3.63, 3.8) is 0 Å². The first-order chi connectivity index (χ1) is 9.65. The highest BCUT2D eigenvalue weighted by molar-refractivity contribution is 5.87. The third kappa shape index (κ3) is 2.25. The summed E-state index contributed by atoms with van der Waals surface area (Å²) in [5, 5.41) is 2.93. The molecule has 0 aliphatic carbocycles. The summed E-state index contributed by atoms with van der Waals surface area (Å²) in [7, 11) is 0. The Morgan fingerprint density at radius 1 is 1.30 bits per heavy atom. The molecule has 1 aliphatic rings. The van der Waals surface area contributed by atoms with Gasteiger partial charge in [0.15, 0.2) is 0 Å². The van der Waals surface area contributed by atoms with E-state index >= 15 is 0 Å². The van der Waals surface area contributed by atoms with Gasteiger partial charge in [-0.3, -0.25) is 4.79 Å². The van der Waals surface area contributed by atoms with Gasteiger partial charge in [-0.05, 0) is 36.1 Å². The Balaban J connectivity index is 1.95. The Hall–Kier alpha value is -2.36. The van der Waals surface area contributed by atoms with Gasteiger partial charge in [0.1, 0.15) is 0 Å². The van der Waals surface area contributed by atoms with Gasteiger partial charge in [-0.1, -0.05) is 19.1 Å². The third-order valence-corrected chi connectivity index (χ3v) is 3.70. The highest BCUT2D eigenvalue weighted by Gasteiger charge is 2.23. The standard InChI is InChI=1S/C16H17N3O/c1-11-9-15(20)18-12(2)16(11)13-3-5-14(6-4-13)19-8-7-17-10-19/h3-8,10-11H,9H2,1-2H3,(H,18,20). The maximum Gasteiger partial charge on any atom is 0.224 e. The number of carbonyl (C=O) groups is 1. The largest absolute Gasteiger partial charge is 0.330 e. The maximum atomic E-state index is 11.5. The molecule has 3 rings (SSSR count). The van der Waals surface area contributed by atoms with Crippen molar-refractivity contribution in [3.8, 4) is 5.69 Å². The number of nitrogens with zero attached hydrogens (tertiary/aromatic N) is 2. The van der Waals surface area contributed by atoms with E-state index in [-0.39, 0.29) is 11.8 Å². The molecule has 4 nitrogen and oxygen atoms in total. The van der Waals surface area contributed by atoms with Crippen LogP contribution in [0.15, 0.2) is 48.7 Å². The molecule has 0 saturated heterocycles. The molecule has 2 heterocycles. The Bertz CT molecular complexity index is 654. The van der Waals surface area contributed by atoms with Crippen LogP contribution in [-0.2, 0) is 4.79 Å². The lowest BCUT2D eigenvalue weighted by Gasteiger charge is -2.25. The number of nitrogens with one attached hydrogen (secondary N) is 1. The van der Waals surface area contributed by atoms with E-state index in [1.807, 2.05) is 17.7 Å². The first-order valence-electron chi connectivity index (χ1n) is 6.74. The molecule has 102 valence electrons. The molecule has 2 aromatic rings. The molecule has 0 spiro atoms. The average Bonchev–Trinajstić information content (AvgIpc) is 2.92. The predicted molar refractivity (Wildman–Crippen MR) is 78.1 cm³/mol. The van der Waals surface area contributed by atoms with Crippen LogP contribution >= 0.6 is 0 Å². The van der Waals surface area contributed by atoms with Crippen molar-refractivity contribution in [2.45, 2.75) is 20.3 Å². The minimum absolute atomic E-state index is 0.105. The second-order valence-corrected chi connectivity index (χ2v) is 5.21. The van der Waals surface area contributed by atoms with Crippen molar-refractivity contribution in [2.24, 2.45) is 5.92 Å². The number of aromatic nitrogens is 2. The summed E-state index contributed by atoms with van der Waals surface area (Å²) in [5.74, 6) is 0.358. The van der Waals surface area contributed by atoms with Gasteiger partial charge < -0.3 is 9.88 Å². The van der Waals surface area contributed by atoms with Gasteiger partial charge in [0.2, 0.25) is 5.91 Å². The minimum atomic E-state index is 0.105. The highest BCUT2D eigenvalue weighted by Crippen LogP contribution is 2.31. The first-order valence-corrected chi connectivity index (χ1v) is 6.74. The molecule has 1 aromatic heterocycles. The van der Waals surface area contributed by atoms with E-state index in [4.69, 9.17) is 0 Å². The summed E-state index contributed by atoms with van der Waals surface area (Å²) >= 11 is 0. The van der Waals surface area contributed by atoms with Crippen molar-refractivity contribution in [3.05, 3.63) is 54.2 Å². The van der Waals surface area contributed by atoms with Gasteiger partial charge in [-0.2, -0.15) is 0 Å². The van der Waals surface area contributed by atoms with Crippen LogP contribution in [0, 0.1) is 5.92 Å². The fourth-order valence-corrected chi connectivity index (χ4v) is 2.80. The number of hydrogen-bond acceptors (Lipinski definition) is 2. The van der Waals surface area contributed by atoms with E-state index in [0.717, 1.165) is 11.4 Å². The van der Waals surface area contributed by atoms with Crippen LogP contribution in [0.3, 0.4) is 0 Å². The summed E-state index contributed by atoms with van der Waals surface area (Å²) in [4.78, 5) is 15.6. The third-order valence-electron chi connectivity index (χ3n) is 3.70. The average molecular weight is 267 g/mol. The summed E-state index contributed by atoms with van der Waals surface area (Å²) in [5.41, 5.74) is 4.43. The monoisotopic (exact) mass is 267 g/mol. The molecular formula is C16H17N3O. The summed E-state index contributed by atoms with van der Waals surface area (Å²) < 4.78 is 1.97. The number of allylic oxidation sites excluding steroid dienone is 2. The number of hydrogen-bond donors (Lipinski definition) is 1. The molecule has 0 fully saturated rings. The zero-order valence-electron chi connectivity index (χ0n) is 11.6. The lowest BCUT2D eigenvalue weighted by molar-refractivity contribution is -0.121. The SMILES string of the molecule is CC1=C(c2ccc(-n3ccnc3)cc2)C(C)CC(=O)N1. The molecule has 20 heavy (non-hydrogen) atoms. The molecule has 1 amide bonds. The van der Waals surface area contributed by atoms with Gasteiger partial charge in [-0.25, -0.2) is 4.98 Å². The molecule has 1 aliphatic heterocycles. The van der Waals surface area contributed by atoms with E-state index in [1.54, 1.807) is 12.5 Å². The van der Waals surface area contributed by atoms with Crippen LogP contribution in [0.4, 0.5) is 0 Å². The molecule has 0 bridgehead atoms. The van der Waals surface area contributed by atoms with Gasteiger partial charge in [0, 0.05) is 30.2 Å². The van der Waals surface area contributed by atoms with Crippen molar-refractivity contribution < 1.29 is 4.79 Å². The predicted octanol–water partition coefficient (Wildman–Crippen LogP) is 2.76. The fraction of sp³-hybridized carbons (Fsp3) is 0.250. The van der Waals surface area contributed by atoms with E-state index < -0.39 is 0 Å². The lowest BCUT2D eigenvalue weighted by Crippen LogP contribution is -2.30.